The maximum Gasteiger partial charge on any atom is 0.254 e. The molecule has 1 saturated heterocycles. The number of hydrogen-bond acceptors (Lipinski definition) is 6. The third-order valence-corrected chi connectivity index (χ3v) is 7.43. The molecule has 0 bridgehead atoms. The zero-order valence-corrected chi connectivity index (χ0v) is 17.7. The van der Waals surface area contributed by atoms with Crippen molar-refractivity contribution in [1.29, 1.82) is 0 Å². The molecule has 5 rings (SSSR count). The summed E-state index contributed by atoms with van der Waals surface area (Å²) in [5.41, 5.74) is 1.76. The molecule has 30 heavy (non-hydrogen) atoms. The number of carbonyl (C=O) groups is 1. The maximum atomic E-state index is 13.3. The molecular weight excluding hydrogens is 402 g/mol. The molecule has 9 heteroatoms. The van der Waals surface area contributed by atoms with Gasteiger partial charge >= 0.3 is 0 Å². The van der Waals surface area contributed by atoms with E-state index in [4.69, 9.17) is 0 Å². The number of carbonyl (C=O) groups excluding carboxylic acids is 1. The molecule has 0 unspecified atom stereocenters. The van der Waals surface area contributed by atoms with Gasteiger partial charge in [0.1, 0.15) is 17.8 Å². The molecule has 156 valence electrons. The average molecular weight is 426 g/mol. The number of benzene rings is 1. The molecule has 1 saturated carbocycles. The zero-order chi connectivity index (χ0) is 21.1. The Morgan fingerprint density at radius 2 is 1.97 bits per heavy atom. The van der Waals surface area contributed by atoms with E-state index in [1.54, 1.807) is 25.4 Å². The average Bonchev–Trinajstić information content (AvgIpc) is 3.28. The minimum atomic E-state index is -3.31. The van der Waals surface area contributed by atoms with E-state index in [1.165, 1.54) is 12.3 Å². The Kier molecular flexibility index (Phi) is 4.15. The molecule has 1 aliphatic carbocycles. The van der Waals surface area contributed by atoms with Crippen molar-refractivity contribution in [3.63, 3.8) is 0 Å². The number of sulfone groups is 1. The largest absolute Gasteiger partial charge is 0.352 e. The Bertz CT molecular complexity index is 1260. The predicted octanol–water partition coefficient (Wildman–Crippen LogP) is 2.16. The summed E-state index contributed by atoms with van der Waals surface area (Å²) in [5.74, 6) is 0.859. The van der Waals surface area contributed by atoms with E-state index in [0.717, 1.165) is 36.2 Å². The topological polar surface area (TPSA) is 99.3 Å². The van der Waals surface area contributed by atoms with Crippen molar-refractivity contribution in [3.8, 4) is 0 Å². The molecular formula is C21H23N5O3S. The van der Waals surface area contributed by atoms with Crippen LogP contribution in [-0.2, 0) is 9.84 Å². The highest BCUT2D eigenvalue weighted by Crippen LogP contribution is 2.46. The van der Waals surface area contributed by atoms with Gasteiger partial charge in [-0.1, -0.05) is 0 Å². The number of nitrogens with zero attached hydrogens (tertiary/aromatic N) is 4. The lowest BCUT2D eigenvalue weighted by molar-refractivity contribution is 0.0624. The van der Waals surface area contributed by atoms with Gasteiger partial charge < -0.3 is 14.8 Å². The second-order valence-corrected chi connectivity index (χ2v) is 10.3. The number of hydrogen-bond donors (Lipinski definition) is 1. The van der Waals surface area contributed by atoms with Crippen LogP contribution in [0.15, 0.2) is 41.7 Å². The lowest BCUT2D eigenvalue weighted by Crippen LogP contribution is -2.57. The molecule has 2 fully saturated rings. The summed E-state index contributed by atoms with van der Waals surface area (Å²) in [5, 5.41) is 0.986. The van der Waals surface area contributed by atoms with Gasteiger partial charge in [-0.2, -0.15) is 0 Å². The van der Waals surface area contributed by atoms with Crippen LogP contribution in [0.3, 0.4) is 0 Å². The van der Waals surface area contributed by atoms with Crippen LogP contribution in [0.4, 0.5) is 5.82 Å². The van der Waals surface area contributed by atoms with Crippen molar-refractivity contribution in [1.82, 2.24) is 19.9 Å². The van der Waals surface area contributed by atoms with Crippen LogP contribution >= 0.6 is 0 Å². The fourth-order valence-electron chi connectivity index (χ4n) is 4.51. The molecule has 1 aromatic carbocycles. The molecule has 3 heterocycles. The molecule has 2 aromatic heterocycles. The van der Waals surface area contributed by atoms with Gasteiger partial charge in [-0.15, -0.1) is 0 Å². The summed E-state index contributed by atoms with van der Waals surface area (Å²) in [6, 6.07) is 6.84. The van der Waals surface area contributed by atoms with Crippen molar-refractivity contribution >= 4 is 32.6 Å². The van der Waals surface area contributed by atoms with Crippen LogP contribution in [0, 0.1) is 6.92 Å². The van der Waals surface area contributed by atoms with E-state index in [2.05, 4.69) is 19.9 Å². The number of anilines is 1. The van der Waals surface area contributed by atoms with Crippen LogP contribution < -0.4 is 4.90 Å². The summed E-state index contributed by atoms with van der Waals surface area (Å²) in [7, 11) is -3.31. The quantitative estimate of drug-likeness (QED) is 0.690. The van der Waals surface area contributed by atoms with E-state index in [0.29, 0.717) is 24.2 Å². The number of fused-ring (bicyclic) bond motifs is 1. The number of piperazine rings is 1. The summed E-state index contributed by atoms with van der Waals surface area (Å²) < 4.78 is 23.8. The first kappa shape index (κ1) is 19.0. The second kappa shape index (κ2) is 6.53. The van der Waals surface area contributed by atoms with Crippen LogP contribution in [0.2, 0.25) is 0 Å². The lowest BCUT2D eigenvalue weighted by Gasteiger charge is -2.43. The SMILES string of the molecule is Cc1cc(C(=O)N2CCN(c3ncnc4[nH]ccc34)CC23CC3)ccc1S(C)(=O)=O. The zero-order valence-electron chi connectivity index (χ0n) is 16.9. The summed E-state index contributed by atoms with van der Waals surface area (Å²) >= 11 is 0. The number of aromatic nitrogens is 3. The highest BCUT2D eigenvalue weighted by atomic mass is 32.2. The molecule has 1 N–H and O–H groups in total. The van der Waals surface area contributed by atoms with Gasteiger partial charge in [0.05, 0.1) is 15.8 Å². The Morgan fingerprint density at radius 3 is 2.67 bits per heavy atom. The molecule has 3 aromatic rings. The van der Waals surface area contributed by atoms with Gasteiger partial charge in [0.15, 0.2) is 9.84 Å². The van der Waals surface area contributed by atoms with Crippen molar-refractivity contribution in [2.45, 2.75) is 30.2 Å². The first-order valence-corrected chi connectivity index (χ1v) is 11.8. The second-order valence-electron chi connectivity index (χ2n) is 8.29. The summed E-state index contributed by atoms with van der Waals surface area (Å²) in [6.07, 6.45) is 6.52. The smallest absolute Gasteiger partial charge is 0.254 e. The summed E-state index contributed by atoms with van der Waals surface area (Å²) in [4.78, 5) is 29.7. The van der Waals surface area contributed by atoms with Crippen LogP contribution in [0.5, 0.6) is 0 Å². The summed E-state index contributed by atoms with van der Waals surface area (Å²) in [6.45, 7) is 3.75. The first-order valence-electron chi connectivity index (χ1n) is 9.94. The molecule has 2 aliphatic rings. The number of aromatic amines is 1. The molecule has 8 nitrogen and oxygen atoms in total. The standard InChI is InChI=1S/C21H23N5O3S/c1-14-11-15(3-4-17(14)30(2,28)29)20(27)26-10-9-25(12-21(26)6-7-21)19-16-5-8-22-18(16)23-13-24-19/h3-5,8,11,13H,6-7,9-10,12H2,1-2H3,(H,22,23,24). The molecule has 1 amide bonds. The minimum absolute atomic E-state index is 0.0372. The van der Waals surface area contributed by atoms with Crippen molar-refractivity contribution in [2.75, 3.05) is 30.8 Å². The Balaban J connectivity index is 1.41. The number of nitrogens with one attached hydrogen (secondary N) is 1. The van der Waals surface area contributed by atoms with E-state index in [1.807, 2.05) is 17.2 Å². The molecule has 1 spiro atoms. The van der Waals surface area contributed by atoms with E-state index in [-0.39, 0.29) is 16.3 Å². The number of aryl methyl sites for hydroxylation is 1. The Hall–Kier alpha value is -2.94. The molecule has 1 aliphatic heterocycles. The van der Waals surface area contributed by atoms with E-state index >= 15 is 0 Å². The highest BCUT2D eigenvalue weighted by molar-refractivity contribution is 7.90. The minimum Gasteiger partial charge on any atom is -0.352 e. The highest BCUT2D eigenvalue weighted by Gasteiger charge is 2.53. The molecule has 0 radical (unpaired) electrons. The van der Waals surface area contributed by atoms with Gasteiger partial charge in [-0.25, -0.2) is 18.4 Å². The van der Waals surface area contributed by atoms with Gasteiger partial charge in [-0.3, -0.25) is 4.79 Å². The van der Waals surface area contributed by atoms with Gasteiger partial charge in [0, 0.05) is 37.7 Å². The van der Waals surface area contributed by atoms with E-state index in [9.17, 15) is 13.2 Å². The third-order valence-electron chi connectivity index (χ3n) is 6.18. The fourth-order valence-corrected chi connectivity index (χ4v) is 5.47. The number of rotatable bonds is 3. The van der Waals surface area contributed by atoms with Crippen molar-refractivity contribution < 1.29 is 13.2 Å². The van der Waals surface area contributed by atoms with Crippen molar-refractivity contribution in [2.24, 2.45) is 0 Å². The van der Waals surface area contributed by atoms with Gasteiger partial charge in [-0.05, 0) is 49.6 Å². The molecule has 0 atom stereocenters. The Morgan fingerprint density at radius 1 is 1.17 bits per heavy atom. The van der Waals surface area contributed by atoms with Crippen LogP contribution in [0.25, 0.3) is 11.0 Å². The van der Waals surface area contributed by atoms with Crippen LogP contribution in [0.1, 0.15) is 28.8 Å². The first-order chi connectivity index (χ1) is 14.3. The predicted molar refractivity (Wildman–Crippen MR) is 113 cm³/mol. The monoisotopic (exact) mass is 425 g/mol. The van der Waals surface area contributed by atoms with Gasteiger partial charge in [0.2, 0.25) is 0 Å². The lowest BCUT2D eigenvalue weighted by atomic mass is 10.1. The van der Waals surface area contributed by atoms with Gasteiger partial charge in [0.25, 0.3) is 5.91 Å². The van der Waals surface area contributed by atoms with Crippen LogP contribution in [-0.4, -0.2) is 65.6 Å². The maximum absolute atomic E-state index is 13.3. The number of amides is 1. The van der Waals surface area contributed by atoms with E-state index < -0.39 is 9.84 Å². The Labute approximate surface area is 174 Å². The van der Waals surface area contributed by atoms with Crippen molar-refractivity contribution in [3.05, 3.63) is 47.9 Å². The number of H-pyrrole nitrogens is 1. The normalized spacial score (nSPS) is 18.2. The fraction of sp³-hybridized carbons (Fsp3) is 0.381. The third kappa shape index (κ3) is 3.04.